The molecule has 2 amide bonds. The van der Waals surface area contributed by atoms with Crippen molar-refractivity contribution in [1.82, 2.24) is 20.5 Å². The van der Waals surface area contributed by atoms with Gasteiger partial charge in [-0.3, -0.25) is 5.32 Å². The topological polar surface area (TPSA) is 137 Å². The molecule has 0 aliphatic heterocycles. The van der Waals surface area contributed by atoms with Crippen molar-refractivity contribution in [3.63, 3.8) is 0 Å². The minimum absolute atomic E-state index is 0.0438. The highest BCUT2D eigenvalue weighted by molar-refractivity contribution is 5.90. The van der Waals surface area contributed by atoms with Crippen LogP contribution in [0.3, 0.4) is 0 Å². The van der Waals surface area contributed by atoms with Crippen molar-refractivity contribution in [2.24, 2.45) is 0 Å². The molecule has 1 heterocycles. The highest BCUT2D eigenvalue weighted by atomic mass is 16.4. The van der Waals surface area contributed by atoms with Gasteiger partial charge in [0.15, 0.2) is 6.04 Å². The molecule has 0 aliphatic rings. The molecule has 0 radical (unpaired) electrons. The molecule has 9 heteroatoms. The van der Waals surface area contributed by atoms with Gasteiger partial charge in [-0.25, -0.2) is 14.6 Å². The van der Waals surface area contributed by atoms with E-state index in [1.807, 2.05) is 5.32 Å². The Kier molecular flexibility index (Phi) is 4.49. The number of aliphatic carboxylic acids is 1. The van der Waals surface area contributed by atoms with Gasteiger partial charge >= 0.3 is 12.0 Å². The molecule has 0 spiro atoms. The summed E-state index contributed by atoms with van der Waals surface area (Å²) in [6, 6.07) is -2.22. The third-order valence-electron chi connectivity index (χ3n) is 2.10. The maximum absolute atomic E-state index is 11.4. The lowest BCUT2D eigenvalue weighted by Gasteiger charge is -2.11. The average molecular weight is 255 g/mol. The smallest absolute Gasteiger partial charge is 0.328 e. The highest BCUT2D eigenvalue weighted by Gasteiger charge is 2.19. The number of urea groups is 1. The van der Waals surface area contributed by atoms with Crippen LogP contribution in [-0.2, 0) is 4.79 Å². The number of nitrogens with zero attached hydrogens (tertiary/aromatic N) is 3. The van der Waals surface area contributed by atoms with E-state index in [0.717, 1.165) is 0 Å². The Morgan fingerprint density at radius 3 is 2.44 bits per heavy atom. The van der Waals surface area contributed by atoms with Crippen molar-refractivity contribution in [1.29, 1.82) is 0 Å². The van der Waals surface area contributed by atoms with Gasteiger partial charge in [-0.15, -0.1) is 5.10 Å². The largest absolute Gasteiger partial charge is 0.480 e. The molecule has 0 bridgehead atoms. The number of amides is 2. The van der Waals surface area contributed by atoms with Crippen molar-refractivity contribution in [2.75, 3.05) is 11.9 Å². The number of aromatic nitrogens is 3. The SMILES string of the molecule is Cc1nnc(NC(=O)NC(CO)C(=O)O)nc1C. The molecule has 1 rings (SSSR count). The summed E-state index contributed by atoms with van der Waals surface area (Å²) in [6.45, 7) is 2.70. The van der Waals surface area contributed by atoms with Crippen LogP contribution in [0.2, 0.25) is 0 Å². The van der Waals surface area contributed by atoms with E-state index < -0.39 is 24.6 Å². The maximum Gasteiger partial charge on any atom is 0.328 e. The number of aryl methyl sites for hydroxylation is 2. The lowest BCUT2D eigenvalue weighted by molar-refractivity contribution is -0.140. The molecule has 0 aromatic carbocycles. The van der Waals surface area contributed by atoms with Gasteiger partial charge in [0.2, 0.25) is 0 Å². The zero-order valence-electron chi connectivity index (χ0n) is 9.84. The quantitative estimate of drug-likeness (QED) is 0.544. The Bertz CT molecular complexity index is 464. The number of carboxylic acids is 1. The van der Waals surface area contributed by atoms with Crippen LogP contribution in [0.15, 0.2) is 0 Å². The van der Waals surface area contributed by atoms with Crippen molar-refractivity contribution >= 4 is 17.9 Å². The summed E-state index contributed by atoms with van der Waals surface area (Å²) in [7, 11) is 0. The first-order chi connectivity index (χ1) is 8.43. The van der Waals surface area contributed by atoms with Gasteiger partial charge in [-0.1, -0.05) is 0 Å². The van der Waals surface area contributed by atoms with Crippen LogP contribution in [0.5, 0.6) is 0 Å². The Hall–Kier alpha value is -2.29. The summed E-state index contributed by atoms with van der Waals surface area (Å²) in [5.41, 5.74) is 1.22. The zero-order chi connectivity index (χ0) is 13.7. The molecule has 0 aliphatic carbocycles. The molecular formula is C9H13N5O4. The predicted molar refractivity (Wildman–Crippen MR) is 60.0 cm³/mol. The number of rotatable bonds is 4. The third-order valence-corrected chi connectivity index (χ3v) is 2.10. The zero-order valence-corrected chi connectivity index (χ0v) is 9.84. The fraction of sp³-hybridized carbons (Fsp3) is 0.444. The maximum atomic E-state index is 11.4. The highest BCUT2D eigenvalue weighted by Crippen LogP contribution is 2.01. The number of hydrogen-bond acceptors (Lipinski definition) is 6. The van der Waals surface area contributed by atoms with E-state index >= 15 is 0 Å². The Balaban J connectivity index is 2.64. The van der Waals surface area contributed by atoms with E-state index in [0.29, 0.717) is 11.4 Å². The fourth-order valence-corrected chi connectivity index (χ4v) is 0.991. The summed E-state index contributed by atoms with van der Waals surface area (Å²) >= 11 is 0. The molecule has 1 aromatic rings. The van der Waals surface area contributed by atoms with Crippen LogP contribution in [0.25, 0.3) is 0 Å². The van der Waals surface area contributed by atoms with Gasteiger partial charge in [0.05, 0.1) is 18.0 Å². The lowest BCUT2D eigenvalue weighted by Crippen LogP contribution is -2.45. The average Bonchev–Trinajstić information content (AvgIpc) is 2.30. The van der Waals surface area contributed by atoms with Crippen molar-refractivity contribution in [2.45, 2.75) is 19.9 Å². The van der Waals surface area contributed by atoms with Gasteiger partial charge < -0.3 is 15.5 Å². The Labute approximate surface area is 102 Å². The molecule has 1 aromatic heterocycles. The summed E-state index contributed by atoms with van der Waals surface area (Å²) in [4.78, 5) is 25.9. The first-order valence-corrected chi connectivity index (χ1v) is 5.03. The number of carboxylic acid groups (broad SMARTS) is 1. The molecule has 0 saturated carbocycles. The minimum atomic E-state index is -1.38. The standard InChI is InChI=1S/C9H13N5O4/c1-4-5(2)13-14-8(10-4)12-9(18)11-6(3-15)7(16)17/h6,15H,3H2,1-2H3,(H,16,17)(H2,10,11,12,14,18). The van der Waals surface area contributed by atoms with Gasteiger partial charge in [-0.2, -0.15) is 5.10 Å². The van der Waals surface area contributed by atoms with E-state index in [1.165, 1.54) is 0 Å². The number of aliphatic hydroxyl groups excluding tert-OH is 1. The first-order valence-electron chi connectivity index (χ1n) is 5.03. The van der Waals surface area contributed by atoms with Gasteiger partial charge in [-0.05, 0) is 13.8 Å². The number of hydrogen-bond donors (Lipinski definition) is 4. The molecule has 1 atom stereocenters. The second kappa shape index (κ2) is 5.87. The monoisotopic (exact) mass is 255 g/mol. The van der Waals surface area contributed by atoms with Crippen LogP contribution in [0, 0.1) is 13.8 Å². The van der Waals surface area contributed by atoms with Crippen LogP contribution in [0.4, 0.5) is 10.7 Å². The Morgan fingerprint density at radius 2 is 1.94 bits per heavy atom. The second-order valence-corrected chi connectivity index (χ2v) is 3.48. The van der Waals surface area contributed by atoms with Crippen LogP contribution in [0.1, 0.15) is 11.4 Å². The number of nitrogens with one attached hydrogen (secondary N) is 2. The molecule has 4 N–H and O–H groups in total. The summed E-state index contributed by atoms with van der Waals surface area (Å²) in [5, 5.41) is 29.0. The van der Waals surface area contributed by atoms with E-state index in [1.54, 1.807) is 13.8 Å². The Morgan fingerprint density at radius 1 is 1.28 bits per heavy atom. The number of carbonyl (C=O) groups excluding carboxylic acids is 1. The number of aliphatic hydroxyl groups is 1. The molecule has 0 fully saturated rings. The third kappa shape index (κ3) is 3.63. The number of anilines is 1. The first kappa shape index (κ1) is 13.8. The van der Waals surface area contributed by atoms with Crippen molar-refractivity contribution in [3.05, 3.63) is 11.4 Å². The number of carbonyl (C=O) groups is 2. The van der Waals surface area contributed by atoms with E-state index in [2.05, 4.69) is 20.5 Å². The summed E-state index contributed by atoms with van der Waals surface area (Å²) < 4.78 is 0. The van der Waals surface area contributed by atoms with Crippen LogP contribution >= 0.6 is 0 Å². The van der Waals surface area contributed by atoms with Crippen LogP contribution in [-0.4, -0.2) is 50.0 Å². The molecule has 1 unspecified atom stereocenters. The normalized spacial score (nSPS) is 11.7. The van der Waals surface area contributed by atoms with E-state index in [4.69, 9.17) is 10.2 Å². The van der Waals surface area contributed by atoms with Crippen molar-refractivity contribution < 1.29 is 19.8 Å². The predicted octanol–water partition coefficient (Wildman–Crippen LogP) is -0.945. The lowest BCUT2D eigenvalue weighted by atomic mass is 10.3. The minimum Gasteiger partial charge on any atom is -0.480 e. The van der Waals surface area contributed by atoms with E-state index in [-0.39, 0.29) is 5.95 Å². The van der Waals surface area contributed by atoms with Crippen LogP contribution < -0.4 is 10.6 Å². The summed E-state index contributed by atoms with van der Waals surface area (Å²) in [6.07, 6.45) is 0. The van der Waals surface area contributed by atoms with Gasteiger partial charge in [0.25, 0.3) is 5.95 Å². The van der Waals surface area contributed by atoms with Gasteiger partial charge in [0, 0.05) is 0 Å². The molecule has 9 nitrogen and oxygen atoms in total. The molecule has 0 saturated heterocycles. The second-order valence-electron chi connectivity index (χ2n) is 3.48. The molecule has 98 valence electrons. The molecule has 18 heavy (non-hydrogen) atoms. The summed E-state index contributed by atoms with van der Waals surface area (Å²) in [5.74, 6) is -1.38. The van der Waals surface area contributed by atoms with E-state index in [9.17, 15) is 9.59 Å². The van der Waals surface area contributed by atoms with Crippen molar-refractivity contribution in [3.8, 4) is 0 Å². The fourth-order valence-electron chi connectivity index (χ4n) is 0.991. The van der Waals surface area contributed by atoms with Gasteiger partial charge in [0.1, 0.15) is 0 Å². The molecular weight excluding hydrogens is 242 g/mol.